The molecule has 3 rings (SSSR count). The van der Waals surface area contributed by atoms with Gasteiger partial charge in [-0.15, -0.1) is 0 Å². The van der Waals surface area contributed by atoms with Crippen LogP contribution < -0.4 is 15.5 Å². The summed E-state index contributed by atoms with van der Waals surface area (Å²) in [4.78, 5) is 30.4. The van der Waals surface area contributed by atoms with Crippen molar-refractivity contribution in [1.82, 2.24) is 10.2 Å². The molecular formula is C22H34N4O2. The molecular weight excluding hydrogens is 352 g/mol. The number of amides is 2. The number of carbonyl (C=O) groups excluding carboxylic acids is 2. The number of nitrogens with one attached hydrogen (secondary N) is 2. The molecule has 2 heterocycles. The highest BCUT2D eigenvalue weighted by Gasteiger charge is 2.49. The van der Waals surface area contributed by atoms with E-state index in [4.69, 9.17) is 0 Å². The zero-order valence-electron chi connectivity index (χ0n) is 17.6. The number of anilines is 2. The van der Waals surface area contributed by atoms with Gasteiger partial charge in [0.2, 0.25) is 5.91 Å². The minimum Gasteiger partial charge on any atom is -0.369 e. The van der Waals surface area contributed by atoms with Crippen LogP contribution in [0.25, 0.3) is 0 Å². The van der Waals surface area contributed by atoms with Crippen molar-refractivity contribution < 1.29 is 9.59 Å². The number of likely N-dealkylation sites (N-methyl/N-ethyl adjacent to an activating group) is 1. The molecule has 0 bridgehead atoms. The second-order valence-corrected chi connectivity index (χ2v) is 8.28. The Bertz CT molecular complexity index is 712. The van der Waals surface area contributed by atoms with Gasteiger partial charge in [0.25, 0.3) is 5.91 Å². The van der Waals surface area contributed by atoms with Crippen LogP contribution in [0.2, 0.25) is 0 Å². The van der Waals surface area contributed by atoms with Crippen molar-refractivity contribution in [3.8, 4) is 0 Å². The third-order valence-corrected chi connectivity index (χ3v) is 6.26. The Kier molecular flexibility index (Phi) is 6.28. The van der Waals surface area contributed by atoms with Gasteiger partial charge in [0, 0.05) is 26.2 Å². The molecule has 0 unspecified atom stereocenters. The van der Waals surface area contributed by atoms with Crippen molar-refractivity contribution in [2.24, 2.45) is 5.92 Å². The molecule has 1 saturated heterocycles. The molecule has 1 aromatic rings. The van der Waals surface area contributed by atoms with Crippen molar-refractivity contribution in [3.05, 3.63) is 24.3 Å². The third kappa shape index (κ3) is 3.88. The lowest BCUT2D eigenvalue weighted by Gasteiger charge is -2.49. The van der Waals surface area contributed by atoms with Crippen molar-refractivity contribution >= 4 is 23.2 Å². The zero-order chi connectivity index (χ0) is 20.3. The van der Waals surface area contributed by atoms with Gasteiger partial charge in [-0.1, -0.05) is 32.4 Å². The quantitative estimate of drug-likeness (QED) is 0.789. The van der Waals surface area contributed by atoms with E-state index in [1.54, 1.807) is 4.90 Å². The topological polar surface area (TPSA) is 64.7 Å². The van der Waals surface area contributed by atoms with Crippen molar-refractivity contribution in [3.63, 3.8) is 0 Å². The highest BCUT2D eigenvalue weighted by atomic mass is 16.2. The second kappa shape index (κ2) is 8.52. The first-order valence-electron chi connectivity index (χ1n) is 10.6. The van der Waals surface area contributed by atoms with E-state index in [1.807, 2.05) is 38.1 Å². The summed E-state index contributed by atoms with van der Waals surface area (Å²) in [6, 6.07) is 7.28. The van der Waals surface area contributed by atoms with E-state index < -0.39 is 11.6 Å². The summed E-state index contributed by atoms with van der Waals surface area (Å²) >= 11 is 0. The molecule has 2 aliphatic rings. The number of carbonyl (C=O) groups is 2. The maximum atomic E-state index is 13.7. The van der Waals surface area contributed by atoms with Gasteiger partial charge in [-0.3, -0.25) is 14.5 Å². The van der Waals surface area contributed by atoms with Crippen LogP contribution in [0.5, 0.6) is 0 Å². The normalized spacial score (nSPS) is 21.0. The van der Waals surface area contributed by atoms with Gasteiger partial charge in [0.1, 0.15) is 11.6 Å². The van der Waals surface area contributed by atoms with E-state index in [-0.39, 0.29) is 11.8 Å². The van der Waals surface area contributed by atoms with Gasteiger partial charge < -0.3 is 15.5 Å². The fraction of sp³-hybridized carbons (Fsp3) is 0.636. The van der Waals surface area contributed by atoms with Crippen LogP contribution in [-0.4, -0.2) is 54.5 Å². The predicted octanol–water partition coefficient (Wildman–Crippen LogP) is 2.85. The molecule has 154 valence electrons. The monoisotopic (exact) mass is 386 g/mol. The number of likely N-dealkylation sites (tertiary alicyclic amines) is 1. The Balaban J connectivity index is 1.85. The minimum absolute atomic E-state index is 0.0214. The fourth-order valence-electron chi connectivity index (χ4n) is 4.29. The van der Waals surface area contributed by atoms with E-state index in [0.29, 0.717) is 12.5 Å². The predicted molar refractivity (Wildman–Crippen MR) is 114 cm³/mol. The molecule has 0 radical (unpaired) electrons. The number of hydrogen-bond acceptors (Lipinski definition) is 4. The molecule has 0 aromatic heterocycles. The molecule has 6 heteroatoms. The number of hydrogen-bond donors (Lipinski definition) is 2. The Morgan fingerprint density at radius 3 is 2.54 bits per heavy atom. The summed E-state index contributed by atoms with van der Waals surface area (Å²) < 4.78 is 0. The molecule has 2 N–H and O–H groups in total. The highest BCUT2D eigenvalue weighted by molar-refractivity contribution is 6.11. The highest BCUT2D eigenvalue weighted by Crippen LogP contribution is 2.41. The smallest absolute Gasteiger partial charge is 0.253 e. The first kappa shape index (κ1) is 20.6. The Morgan fingerprint density at radius 1 is 1.21 bits per heavy atom. The molecule has 28 heavy (non-hydrogen) atoms. The van der Waals surface area contributed by atoms with Crippen molar-refractivity contribution in [2.45, 2.75) is 58.5 Å². The maximum Gasteiger partial charge on any atom is 0.253 e. The number of rotatable bonds is 6. The summed E-state index contributed by atoms with van der Waals surface area (Å²) in [6.07, 6.45) is 2.69. The van der Waals surface area contributed by atoms with Crippen LogP contribution >= 0.6 is 0 Å². The Hall–Kier alpha value is -2.08. The number of nitrogens with zero attached hydrogens (tertiary/aromatic N) is 2. The summed E-state index contributed by atoms with van der Waals surface area (Å²) in [5.41, 5.74) is 1.11. The van der Waals surface area contributed by atoms with E-state index >= 15 is 0 Å². The number of para-hydroxylation sites is 2. The summed E-state index contributed by atoms with van der Waals surface area (Å²) in [7, 11) is 0. The van der Waals surface area contributed by atoms with Gasteiger partial charge in [-0.25, -0.2) is 0 Å². The average molecular weight is 387 g/mol. The minimum atomic E-state index is -0.624. The van der Waals surface area contributed by atoms with Gasteiger partial charge in [0.15, 0.2) is 0 Å². The molecule has 6 nitrogen and oxygen atoms in total. The molecule has 1 aromatic carbocycles. The van der Waals surface area contributed by atoms with Crippen LogP contribution in [0, 0.1) is 5.92 Å². The largest absolute Gasteiger partial charge is 0.369 e. The van der Waals surface area contributed by atoms with E-state index in [1.165, 1.54) is 6.42 Å². The zero-order valence-corrected chi connectivity index (χ0v) is 17.6. The molecule has 1 spiro atoms. The number of piperidine rings is 1. The standard InChI is InChI=1S/C22H34N4O2/c1-5-16(3)15-25-13-11-22(12-14-25)21(28)26(17(4)20(27)23-6-2)19-10-8-7-9-18(19)24-22/h7-10,16-17,24H,5-6,11-15H2,1-4H3,(H,23,27)/t16-,17+/m0/s1. The first-order valence-corrected chi connectivity index (χ1v) is 10.6. The van der Waals surface area contributed by atoms with E-state index in [0.717, 1.165) is 43.9 Å². The molecule has 0 saturated carbocycles. The molecule has 1 fully saturated rings. The molecule has 2 aliphatic heterocycles. The maximum absolute atomic E-state index is 13.7. The van der Waals surface area contributed by atoms with Crippen molar-refractivity contribution in [1.29, 1.82) is 0 Å². The average Bonchev–Trinajstić information content (AvgIpc) is 2.70. The van der Waals surface area contributed by atoms with Crippen LogP contribution in [0.15, 0.2) is 24.3 Å². The van der Waals surface area contributed by atoms with Crippen LogP contribution in [-0.2, 0) is 9.59 Å². The summed E-state index contributed by atoms with van der Waals surface area (Å²) in [6.45, 7) is 11.6. The SMILES string of the molecule is CCNC(=O)[C@@H](C)N1C(=O)C2(CCN(C[C@@H](C)CC)CC2)Nc2ccccc21. The third-order valence-electron chi connectivity index (χ3n) is 6.26. The van der Waals surface area contributed by atoms with E-state index in [2.05, 4.69) is 29.4 Å². The van der Waals surface area contributed by atoms with Crippen LogP contribution in [0.1, 0.15) is 47.0 Å². The first-order chi connectivity index (χ1) is 13.4. The van der Waals surface area contributed by atoms with Gasteiger partial charge in [-0.2, -0.15) is 0 Å². The Morgan fingerprint density at radius 2 is 1.89 bits per heavy atom. The lowest BCUT2D eigenvalue weighted by atomic mass is 9.82. The molecule has 2 amide bonds. The fourth-order valence-corrected chi connectivity index (χ4v) is 4.29. The van der Waals surface area contributed by atoms with Crippen LogP contribution in [0.4, 0.5) is 11.4 Å². The molecule has 0 aliphatic carbocycles. The van der Waals surface area contributed by atoms with Gasteiger partial charge >= 0.3 is 0 Å². The lowest BCUT2D eigenvalue weighted by Crippen LogP contribution is -2.65. The lowest BCUT2D eigenvalue weighted by molar-refractivity contribution is -0.129. The Labute approximate surface area is 168 Å². The van der Waals surface area contributed by atoms with E-state index in [9.17, 15) is 9.59 Å². The van der Waals surface area contributed by atoms with Gasteiger partial charge in [-0.05, 0) is 44.7 Å². The van der Waals surface area contributed by atoms with Crippen molar-refractivity contribution in [2.75, 3.05) is 36.4 Å². The van der Waals surface area contributed by atoms with Gasteiger partial charge in [0.05, 0.1) is 11.4 Å². The van der Waals surface area contributed by atoms with Crippen LogP contribution in [0.3, 0.4) is 0 Å². The molecule has 2 atom stereocenters. The second-order valence-electron chi connectivity index (χ2n) is 8.28. The number of fused-ring (bicyclic) bond motifs is 1. The number of benzene rings is 1. The summed E-state index contributed by atoms with van der Waals surface area (Å²) in [5, 5.41) is 6.42. The summed E-state index contributed by atoms with van der Waals surface area (Å²) in [5.74, 6) is 0.573.